The SMILES string of the molecule is CCC(C)CCC(Cl)C#N. The summed E-state index contributed by atoms with van der Waals surface area (Å²) in [5.41, 5.74) is 0. The van der Waals surface area contributed by atoms with E-state index >= 15 is 0 Å². The van der Waals surface area contributed by atoms with Crippen LogP contribution in [0.25, 0.3) is 0 Å². The lowest BCUT2D eigenvalue weighted by atomic mass is 10.0. The number of hydrogen-bond donors (Lipinski definition) is 0. The van der Waals surface area contributed by atoms with Gasteiger partial charge in [0.2, 0.25) is 0 Å². The molecule has 0 bridgehead atoms. The molecule has 0 aromatic rings. The van der Waals surface area contributed by atoms with E-state index in [-0.39, 0.29) is 5.38 Å². The Morgan fingerprint density at radius 3 is 2.50 bits per heavy atom. The van der Waals surface area contributed by atoms with E-state index in [1.165, 1.54) is 6.42 Å². The highest BCUT2D eigenvalue weighted by molar-refractivity contribution is 6.22. The number of halogens is 1. The van der Waals surface area contributed by atoms with Crippen LogP contribution in [0.1, 0.15) is 33.1 Å². The van der Waals surface area contributed by atoms with E-state index in [1.807, 2.05) is 6.07 Å². The molecule has 0 aliphatic rings. The second kappa shape index (κ2) is 5.56. The van der Waals surface area contributed by atoms with E-state index in [9.17, 15) is 0 Å². The van der Waals surface area contributed by atoms with Crippen molar-refractivity contribution < 1.29 is 0 Å². The third-order valence-corrected chi connectivity index (χ3v) is 2.07. The van der Waals surface area contributed by atoms with Crippen molar-refractivity contribution in [2.45, 2.75) is 38.5 Å². The molecule has 0 heterocycles. The van der Waals surface area contributed by atoms with Crippen LogP contribution < -0.4 is 0 Å². The Kier molecular flexibility index (Phi) is 5.43. The van der Waals surface area contributed by atoms with Crippen molar-refractivity contribution in [3.63, 3.8) is 0 Å². The molecule has 0 saturated heterocycles. The highest BCUT2D eigenvalue weighted by atomic mass is 35.5. The van der Waals surface area contributed by atoms with Crippen molar-refractivity contribution in [2.75, 3.05) is 0 Å². The zero-order valence-electron chi connectivity index (χ0n) is 6.60. The molecule has 0 saturated carbocycles. The molecule has 58 valence electrons. The lowest BCUT2D eigenvalue weighted by Crippen LogP contribution is -1.98. The Labute approximate surface area is 68.0 Å². The summed E-state index contributed by atoms with van der Waals surface area (Å²) in [5, 5.41) is 8.06. The smallest absolute Gasteiger partial charge is 0.120 e. The Morgan fingerprint density at radius 2 is 2.10 bits per heavy atom. The van der Waals surface area contributed by atoms with Crippen molar-refractivity contribution in [1.82, 2.24) is 0 Å². The van der Waals surface area contributed by atoms with Gasteiger partial charge in [0, 0.05) is 0 Å². The number of hydrogen-bond acceptors (Lipinski definition) is 1. The molecule has 2 atom stereocenters. The van der Waals surface area contributed by atoms with Gasteiger partial charge in [0.15, 0.2) is 0 Å². The first-order valence-electron chi connectivity index (χ1n) is 3.74. The largest absolute Gasteiger partial charge is 0.197 e. The zero-order valence-corrected chi connectivity index (χ0v) is 7.36. The average molecular weight is 160 g/mol. The molecular weight excluding hydrogens is 146 g/mol. The molecule has 0 aliphatic heterocycles. The molecule has 2 heteroatoms. The molecule has 0 rings (SSSR count). The fraction of sp³-hybridized carbons (Fsp3) is 0.875. The standard InChI is InChI=1S/C8H14ClN/c1-3-7(2)4-5-8(9)6-10/h7-8H,3-5H2,1-2H3. The minimum Gasteiger partial charge on any atom is -0.197 e. The van der Waals surface area contributed by atoms with E-state index in [0.717, 1.165) is 12.8 Å². The molecule has 0 fully saturated rings. The van der Waals surface area contributed by atoms with Gasteiger partial charge in [-0.1, -0.05) is 20.3 Å². The van der Waals surface area contributed by atoms with Gasteiger partial charge in [0.1, 0.15) is 5.38 Å². The van der Waals surface area contributed by atoms with Crippen LogP contribution in [0.5, 0.6) is 0 Å². The van der Waals surface area contributed by atoms with Crippen LogP contribution in [0.4, 0.5) is 0 Å². The van der Waals surface area contributed by atoms with Gasteiger partial charge in [0.25, 0.3) is 0 Å². The van der Waals surface area contributed by atoms with Crippen LogP contribution in [-0.2, 0) is 0 Å². The molecule has 0 aromatic heterocycles. The molecule has 0 spiro atoms. The van der Waals surface area contributed by atoms with E-state index in [4.69, 9.17) is 16.9 Å². The van der Waals surface area contributed by atoms with Gasteiger partial charge in [-0.15, -0.1) is 11.6 Å². The van der Waals surface area contributed by atoms with Gasteiger partial charge in [-0.25, -0.2) is 0 Å². The molecule has 0 radical (unpaired) electrons. The first kappa shape index (κ1) is 9.78. The Hall–Kier alpha value is -0.220. The number of alkyl halides is 1. The summed E-state index contributed by atoms with van der Waals surface area (Å²) >= 11 is 5.61. The molecule has 0 amide bonds. The normalized spacial score (nSPS) is 15.8. The fourth-order valence-corrected chi connectivity index (χ4v) is 0.826. The van der Waals surface area contributed by atoms with E-state index in [2.05, 4.69) is 13.8 Å². The minimum atomic E-state index is -0.283. The summed E-state index contributed by atoms with van der Waals surface area (Å²) in [5.74, 6) is 0.703. The molecule has 0 N–H and O–H groups in total. The number of nitriles is 1. The third kappa shape index (κ3) is 4.64. The van der Waals surface area contributed by atoms with E-state index in [0.29, 0.717) is 5.92 Å². The lowest BCUT2D eigenvalue weighted by Gasteiger charge is -2.06. The van der Waals surface area contributed by atoms with Crippen molar-refractivity contribution in [3.05, 3.63) is 0 Å². The monoisotopic (exact) mass is 159 g/mol. The maximum absolute atomic E-state index is 8.34. The van der Waals surface area contributed by atoms with Gasteiger partial charge < -0.3 is 0 Å². The zero-order chi connectivity index (χ0) is 7.98. The van der Waals surface area contributed by atoms with Crippen LogP contribution in [-0.4, -0.2) is 5.38 Å². The quantitative estimate of drug-likeness (QED) is 0.579. The predicted octanol–water partition coefficient (Wildman–Crippen LogP) is 2.94. The third-order valence-electron chi connectivity index (χ3n) is 1.75. The highest BCUT2D eigenvalue weighted by Gasteiger charge is 2.04. The summed E-state index contributed by atoms with van der Waals surface area (Å²) < 4.78 is 0. The molecule has 2 unspecified atom stereocenters. The first-order chi connectivity index (χ1) is 4.70. The molecule has 0 aliphatic carbocycles. The number of nitrogens with zero attached hydrogens (tertiary/aromatic N) is 1. The van der Waals surface area contributed by atoms with Gasteiger partial charge >= 0.3 is 0 Å². The molecule has 10 heavy (non-hydrogen) atoms. The van der Waals surface area contributed by atoms with Gasteiger partial charge in [0.05, 0.1) is 6.07 Å². The first-order valence-corrected chi connectivity index (χ1v) is 4.18. The summed E-state index contributed by atoms with van der Waals surface area (Å²) in [6.45, 7) is 4.33. The summed E-state index contributed by atoms with van der Waals surface area (Å²) in [7, 11) is 0. The maximum atomic E-state index is 8.34. The van der Waals surface area contributed by atoms with Gasteiger partial charge in [-0.05, 0) is 18.8 Å². The average Bonchev–Trinajstić information content (AvgIpc) is 1.99. The van der Waals surface area contributed by atoms with E-state index < -0.39 is 0 Å². The van der Waals surface area contributed by atoms with Gasteiger partial charge in [-0.2, -0.15) is 5.26 Å². The van der Waals surface area contributed by atoms with Crippen molar-refractivity contribution in [3.8, 4) is 6.07 Å². The maximum Gasteiger partial charge on any atom is 0.120 e. The highest BCUT2D eigenvalue weighted by Crippen LogP contribution is 2.13. The lowest BCUT2D eigenvalue weighted by molar-refractivity contribution is 0.501. The second-order valence-corrected chi connectivity index (χ2v) is 3.21. The topological polar surface area (TPSA) is 23.8 Å². The summed E-state index contributed by atoms with van der Waals surface area (Å²) in [6, 6.07) is 2.01. The van der Waals surface area contributed by atoms with Crippen LogP contribution in [0.3, 0.4) is 0 Å². The summed E-state index contributed by atoms with van der Waals surface area (Å²) in [6.07, 6.45) is 3.07. The summed E-state index contributed by atoms with van der Waals surface area (Å²) in [4.78, 5) is 0. The Bertz CT molecular complexity index is 117. The van der Waals surface area contributed by atoms with Crippen molar-refractivity contribution >= 4 is 11.6 Å². The second-order valence-electron chi connectivity index (χ2n) is 2.69. The predicted molar refractivity (Wildman–Crippen MR) is 43.9 cm³/mol. The van der Waals surface area contributed by atoms with Crippen LogP contribution in [0.15, 0.2) is 0 Å². The van der Waals surface area contributed by atoms with Gasteiger partial charge in [-0.3, -0.25) is 0 Å². The van der Waals surface area contributed by atoms with E-state index in [1.54, 1.807) is 0 Å². The fourth-order valence-electron chi connectivity index (χ4n) is 0.700. The van der Waals surface area contributed by atoms with Crippen LogP contribution in [0, 0.1) is 17.2 Å². The molecule has 1 nitrogen and oxygen atoms in total. The molecular formula is C8H14ClN. The Morgan fingerprint density at radius 1 is 1.50 bits per heavy atom. The van der Waals surface area contributed by atoms with Crippen LogP contribution >= 0.6 is 11.6 Å². The minimum absolute atomic E-state index is 0.283. The van der Waals surface area contributed by atoms with Crippen LogP contribution in [0.2, 0.25) is 0 Å². The van der Waals surface area contributed by atoms with Crippen molar-refractivity contribution in [2.24, 2.45) is 5.92 Å². The molecule has 0 aromatic carbocycles. The number of rotatable bonds is 4. The van der Waals surface area contributed by atoms with Crippen molar-refractivity contribution in [1.29, 1.82) is 5.26 Å². The Balaban J connectivity index is 3.28.